The minimum absolute atomic E-state index is 0.127. The van der Waals surface area contributed by atoms with Gasteiger partial charge in [-0.05, 0) is 18.4 Å². The fourth-order valence-electron chi connectivity index (χ4n) is 2.50. The quantitative estimate of drug-likeness (QED) is 0.393. The van der Waals surface area contributed by atoms with Crippen LogP contribution >= 0.6 is 0 Å². The molecule has 0 aliphatic carbocycles. The predicted molar refractivity (Wildman–Crippen MR) is 90.0 cm³/mol. The molecule has 0 unspecified atom stereocenters. The lowest BCUT2D eigenvalue weighted by Gasteiger charge is -2.29. The van der Waals surface area contributed by atoms with Gasteiger partial charge in [0.2, 0.25) is 11.8 Å². The standard InChI is InChI=1S/C17H24N4O2/c1-2-15(18)19-10-6-9-13-16(22)21-14(17(23)20-13)11-12-7-4-3-5-8-12/h3-5,7-8,13-14H,2,6,9-11H2,1H3,(H2,18,19)(H,20,23)(H,21,22)/t13-,14+/m0/s1. The van der Waals surface area contributed by atoms with Crippen molar-refractivity contribution in [2.24, 2.45) is 10.7 Å². The SMILES string of the molecule is CCC(N)=NCCC[C@@H]1NC(=O)[C@@H](Cc2ccccc2)NC1=O. The lowest BCUT2D eigenvalue weighted by Crippen LogP contribution is -2.62. The first-order valence-electron chi connectivity index (χ1n) is 8.03. The molecule has 1 aliphatic heterocycles. The highest BCUT2D eigenvalue weighted by Gasteiger charge is 2.32. The molecule has 0 bridgehead atoms. The zero-order valence-corrected chi connectivity index (χ0v) is 13.4. The van der Waals surface area contributed by atoms with Crippen LogP contribution in [0.3, 0.4) is 0 Å². The van der Waals surface area contributed by atoms with Gasteiger partial charge in [-0.3, -0.25) is 14.6 Å². The monoisotopic (exact) mass is 316 g/mol. The summed E-state index contributed by atoms with van der Waals surface area (Å²) in [5, 5.41) is 5.62. The normalized spacial score (nSPS) is 21.7. The first-order valence-corrected chi connectivity index (χ1v) is 8.03. The van der Waals surface area contributed by atoms with Crippen LogP contribution < -0.4 is 16.4 Å². The van der Waals surface area contributed by atoms with E-state index in [1.165, 1.54) is 0 Å². The summed E-state index contributed by atoms with van der Waals surface area (Å²) in [5.74, 6) is 0.359. The molecule has 0 aromatic heterocycles. The molecule has 1 heterocycles. The molecule has 0 spiro atoms. The van der Waals surface area contributed by atoms with Gasteiger partial charge in [-0.2, -0.15) is 0 Å². The Hall–Kier alpha value is -2.37. The van der Waals surface area contributed by atoms with Gasteiger partial charge in [0.05, 0.1) is 5.84 Å². The third kappa shape index (κ3) is 5.09. The molecule has 0 radical (unpaired) electrons. The Bertz CT molecular complexity index is 571. The van der Waals surface area contributed by atoms with Crippen molar-refractivity contribution in [2.75, 3.05) is 6.54 Å². The number of amidine groups is 1. The first-order chi connectivity index (χ1) is 11.1. The average molecular weight is 316 g/mol. The van der Waals surface area contributed by atoms with Gasteiger partial charge in [0.15, 0.2) is 0 Å². The molecule has 1 aromatic carbocycles. The highest BCUT2D eigenvalue weighted by molar-refractivity contribution is 5.97. The first kappa shape index (κ1) is 17.0. The number of carbonyl (C=O) groups excluding carboxylic acids is 2. The number of aliphatic imine (C=N–C) groups is 1. The zero-order valence-electron chi connectivity index (χ0n) is 13.4. The second-order valence-electron chi connectivity index (χ2n) is 5.68. The van der Waals surface area contributed by atoms with Crippen LogP contribution in [0.5, 0.6) is 0 Å². The van der Waals surface area contributed by atoms with E-state index < -0.39 is 12.1 Å². The zero-order chi connectivity index (χ0) is 16.7. The number of nitrogens with one attached hydrogen (secondary N) is 2. The molecule has 124 valence electrons. The molecule has 1 aromatic rings. The van der Waals surface area contributed by atoms with E-state index in [0.29, 0.717) is 31.6 Å². The maximum Gasteiger partial charge on any atom is 0.243 e. The van der Waals surface area contributed by atoms with E-state index in [9.17, 15) is 9.59 Å². The van der Waals surface area contributed by atoms with Gasteiger partial charge in [-0.15, -0.1) is 0 Å². The van der Waals surface area contributed by atoms with E-state index in [0.717, 1.165) is 12.0 Å². The van der Waals surface area contributed by atoms with Crippen molar-refractivity contribution in [2.45, 2.75) is 44.7 Å². The Morgan fingerprint density at radius 2 is 1.78 bits per heavy atom. The molecule has 1 aliphatic rings. The van der Waals surface area contributed by atoms with Crippen LogP contribution in [0.25, 0.3) is 0 Å². The second kappa shape index (κ2) is 8.31. The Morgan fingerprint density at radius 3 is 2.48 bits per heavy atom. The molecule has 23 heavy (non-hydrogen) atoms. The summed E-state index contributed by atoms with van der Waals surface area (Å²) in [4.78, 5) is 28.5. The van der Waals surface area contributed by atoms with Crippen molar-refractivity contribution >= 4 is 17.6 Å². The van der Waals surface area contributed by atoms with E-state index in [-0.39, 0.29) is 11.8 Å². The number of nitrogens with zero attached hydrogens (tertiary/aromatic N) is 1. The smallest absolute Gasteiger partial charge is 0.243 e. The highest BCUT2D eigenvalue weighted by Crippen LogP contribution is 2.09. The summed E-state index contributed by atoms with van der Waals surface area (Å²) in [6, 6.07) is 8.67. The van der Waals surface area contributed by atoms with E-state index in [1.807, 2.05) is 37.3 Å². The molecule has 1 saturated heterocycles. The fraction of sp³-hybridized carbons (Fsp3) is 0.471. The summed E-state index contributed by atoms with van der Waals surface area (Å²) in [6.45, 7) is 2.52. The van der Waals surface area contributed by atoms with Crippen LogP contribution in [0.2, 0.25) is 0 Å². The number of carbonyl (C=O) groups is 2. The maximum absolute atomic E-state index is 12.2. The summed E-state index contributed by atoms with van der Waals surface area (Å²) in [7, 11) is 0. The lowest BCUT2D eigenvalue weighted by atomic mass is 10.0. The maximum atomic E-state index is 12.2. The van der Waals surface area contributed by atoms with Gasteiger partial charge in [0.25, 0.3) is 0 Å². The molecule has 2 amide bonds. The molecular formula is C17H24N4O2. The van der Waals surface area contributed by atoms with Gasteiger partial charge in [-0.25, -0.2) is 0 Å². The topological polar surface area (TPSA) is 96.6 Å². The van der Waals surface area contributed by atoms with Gasteiger partial charge >= 0.3 is 0 Å². The number of piperazine rings is 1. The number of benzene rings is 1. The summed E-state index contributed by atoms with van der Waals surface area (Å²) in [6.07, 6.45) is 2.50. The third-order valence-electron chi connectivity index (χ3n) is 3.88. The van der Waals surface area contributed by atoms with Crippen molar-refractivity contribution < 1.29 is 9.59 Å². The Morgan fingerprint density at radius 1 is 1.13 bits per heavy atom. The van der Waals surface area contributed by atoms with Crippen molar-refractivity contribution in [3.8, 4) is 0 Å². The number of hydrogen-bond acceptors (Lipinski definition) is 3. The molecule has 0 saturated carbocycles. The molecule has 2 atom stereocenters. The molecule has 4 N–H and O–H groups in total. The largest absolute Gasteiger partial charge is 0.387 e. The van der Waals surface area contributed by atoms with Crippen LogP contribution in [-0.4, -0.2) is 36.3 Å². The van der Waals surface area contributed by atoms with Crippen molar-refractivity contribution in [3.05, 3.63) is 35.9 Å². The van der Waals surface area contributed by atoms with E-state index in [2.05, 4.69) is 15.6 Å². The van der Waals surface area contributed by atoms with Crippen molar-refractivity contribution in [1.29, 1.82) is 0 Å². The molecule has 6 nitrogen and oxygen atoms in total. The van der Waals surface area contributed by atoms with Crippen LogP contribution in [0.4, 0.5) is 0 Å². The molecule has 1 fully saturated rings. The third-order valence-corrected chi connectivity index (χ3v) is 3.88. The van der Waals surface area contributed by atoms with Crippen LogP contribution in [0.15, 0.2) is 35.3 Å². The van der Waals surface area contributed by atoms with Gasteiger partial charge in [0.1, 0.15) is 12.1 Å². The molecule has 2 rings (SSSR count). The van der Waals surface area contributed by atoms with E-state index in [4.69, 9.17) is 5.73 Å². The number of amides is 2. The van der Waals surface area contributed by atoms with Crippen LogP contribution in [-0.2, 0) is 16.0 Å². The number of rotatable bonds is 7. The Labute approximate surface area is 136 Å². The van der Waals surface area contributed by atoms with Gasteiger partial charge < -0.3 is 16.4 Å². The Balaban J connectivity index is 1.82. The number of nitrogens with two attached hydrogens (primary N) is 1. The van der Waals surface area contributed by atoms with Gasteiger partial charge in [0, 0.05) is 19.4 Å². The summed E-state index contributed by atoms with van der Waals surface area (Å²) in [5.41, 5.74) is 6.66. The Kier molecular flexibility index (Phi) is 6.14. The highest BCUT2D eigenvalue weighted by atomic mass is 16.2. The van der Waals surface area contributed by atoms with E-state index >= 15 is 0 Å². The van der Waals surface area contributed by atoms with Crippen molar-refractivity contribution in [1.82, 2.24) is 10.6 Å². The second-order valence-corrected chi connectivity index (χ2v) is 5.68. The van der Waals surface area contributed by atoms with E-state index in [1.54, 1.807) is 0 Å². The molecular weight excluding hydrogens is 292 g/mol. The average Bonchev–Trinajstić information content (AvgIpc) is 2.56. The summed E-state index contributed by atoms with van der Waals surface area (Å²) < 4.78 is 0. The fourth-order valence-corrected chi connectivity index (χ4v) is 2.50. The minimum atomic E-state index is -0.505. The lowest BCUT2D eigenvalue weighted by molar-refractivity contribution is -0.136. The van der Waals surface area contributed by atoms with Crippen molar-refractivity contribution in [3.63, 3.8) is 0 Å². The van der Waals surface area contributed by atoms with Crippen LogP contribution in [0.1, 0.15) is 31.7 Å². The summed E-state index contributed by atoms with van der Waals surface area (Å²) >= 11 is 0. The van der Waals surface area contributed by atoms with Crippen LogP contribution in [0, 0.1) is 0 Å². The molecule has 6 heteroatoms. The van der Waals surface area contributed by atoms with Gasteiger partial charge in [-0.1, -0.05) is 37.3 Å². The minimum Gasteiger partial charge on any atom is -0.387 e. The predicted octanol–water partition coefficient (Wildman–Crippen LogP) is 0.760. The number of hydrogen-bond donors (Lipinski definition) is 3.